The van der Waals surface area contributed by atoms with Crippen molar-refractivity contribution in [1.82, 2.24) is 9.97 Å². The highest BCUT2D eigenvalue weighted by Crippen LogP contribution is 2.22. The Morgan fingerprint density at radius 3 is 2.84 bits per heavy atom. The minimum Gasteiger partial charge on any atom is -0.399 e. The first-order valence-electron chi connectivity index (χ1n) is 5.58. The molecule has 2 aromatic rings. The Labute approximate surface area is 116 Å². The van der Waals surface area contributed by atoms with Crippen molar-refractivity contribution in [3.8, 4) is 6.07 Å². The van der Waals surface area contributed by atoms with Gasteiger partial charge in [-0.3, -0.25) is 0 Å². The highest BCUT2D eigenvalue weighted by atomic mass is 35.5. The predicted molar refractivity (Wildman–Crippen MR) is 74.7 cm³/mol. The number of nitrogens with zero attached hydrogens (tertiary/aromatic N) is 4. The van der Waals surface area contributed by atoms with Crippen LogP contribution >= 0.6 is 11.6 Å². The van der Waals surface area contributed by atoms with Crippen molar-refractivity contribution in [3.05, 3.63) is 46.9 Å². The zero-order chi connectivity index (χ0) is 13.8. The van der Waals surface area contributed by atoms with Crippen molar-refractivity contribution in [3.63, 3.8) is 0 Å². The average molecular weight is 274 g/mol. The van der Waals surface area contributed by atoms with Crippen molar-refractivity contribution < 1.29 is 0 Å². The quantitative estimate of drug-likeness (QED) is 0.868. The molecule has 0 aliphatic carbocycles. The number of benzene rings is 1. The number of nitriles is 1. The van der Waals surface area contributed by atoms with E-state index >= 15 is 0 Å². The molecule has 0 bridgehead atoms. The molecule has 6 heteroatoms. The van der Waals surface area contributed by atoms with Gasteiger partial charge in [0.05, 0.1) is 0 Å². The van der Waals surface area contributed by atoms with Crippen molar-refractivity contribution in [2.45, 2.75) is 6.54 Å². The first kappa shape index (κ1) is 13.1. The Bertz CT molecular complexity index is 635. The van der Waals surface area contributed by atoms with Gasteiger partial charge in [-0.2, -0.15) is 5.26 Å². The van der Waals surface area contributed by atoms with E-state index in [4.69, 9.17) is 22.6 Å². The lowest BCUT2D eigenvalue weighted by molar-refractivity contribution is 0.885. The van der Waals surface area contributed by atoms with Gasteiger partial charge in [-0.05, 0) is 23.8 Å². The fourth-order valence-corrected chi connectivity index (χ4v) is 1.91. The number of halogens is 1. The van der Waals surface area contributed by atoms with Gasteiger partial charge in [-0.25, -0.2) is 9.97 Å². The summed E-state index contributed by atoms with van der Waals surface area (Å²) in [5.41, 5.74) is 7.54. The van der Waals surface area contributed by atoms with Gasteiger partial charge in [-0.15, -0.1) is 0 Å². The summed E-state index contributed by atoms with van der Waals surface area (Å²) in [6, 6.07) is 7.32. The third-order valence-electron chi connectivity index (χ3n) is 2.62. The van der Waals surface area contributed by atoms with E-state index in [9.17, 15) is 0 Å². The second-order valence-corrected chi connectivity index (χ2v) is 4.45. The van der Waals surface area contributed by atoms with E-state index in [1.807, 2.05) is 18.0 Å². The molecule has 0 radical (unpaired) electrons. The fourth-order valence-electron chi connectivity index (χ4n) is 1.74. The van der Waals surface area contributed by atoms with E-state index in [0.29, 0.717) is 23.1 Å². The molecule has 2 N–H and O–H groups in total. The smallest absolute Gasteiger partial charge is 0.183 e. The zero-order valence-corrected chi connectivity index (χ0v) is 11.1. The zero-order valence-electron chi connectivity index (χ0n) is 10.3. The molecule has 0 aliphatic heterocycles. The molecule has 0 amide bonds. The van der Waals surface area contributed by atoms with E-state index in [2.05, 4.69) is 9.97 Å². The third kappa shape index (κ3) is 2.92. The molecular formula is C13H12ClN5. The van der Waals surface area contributed by atoms with Gasteiger partial charge in [0.25, 0.3) is 0 Å². The normalized spacial score (nSPS) is 9.95. The Morgan fingerprint density at radius 2 is 2.11 bits per heavy atom. The van der Waals surface area contributed by atoms with Crippen LogP contribution in [0, 0.1) is 11.3 Å². The lowest BCUT2D eigenvalue weighted by atomic mass is 10.2. The number of nitrogens with two attached hydrogens (primary N) is 1. The minimum absolute atomic E-state index is 0.282. The SMILES string of the molecule is CN(Cc1cc(N)ccc1Cl)c1nccnc1C#N. The van der Waals surface area contributed by atoms with Crippen molar-refractivity contribution in [2.24, 2.45) is 0 Å². The molecule has 1 heterocycles. The molecule has 96 valence electrons. The Morgan fingerprint density at radius 1 is 1.37 bits per heavy atom. The van der Waals surface area contributed by atoms with Crippen LogP contribution < -0.4 is 10.6 Å². The summed E-state index contributed by atoms with van der Waals surface area (Å²) < 4.78 is 0. The molecule has 0 aliphatic rings. The number of hydrogen-bond acceptors (Lipinski definition) is 5. The standard InChI is InChI=1S/C13H12ClN5/c1-19(13-12(7-15)17-4-5-18-13)8-9-6-10(16)2-3-11(9)14/h2-6H,8,16H2,1H3. The first-order chi connectivity index (χ1) is 9.11. The summed E-state index contributed by atoms with van der Waals surface area (Å²) in [6.45, 7) is 0.497. The lowest BCUT2D eigenvalue weighted by Gasteiger charge is -2.19. The van der Waals surface area contributed by atoms with Gasteiger partial charge in [0.2, 0.25) is 0 Å². The predicted octanol–water partition coefficient (Wildman–Crippen LogP) is 2.22. The maximum atomic E-state index is 9.01. The number of hydrogen-bond donors (Lipinski definition) is 1. The molecule has 5 nitrogen and oxygen atoms in total. The molecule has 1 aromatic heterocycles. The number of nitrogen functional groups attached to an aromatic ring is 1. The molecule has 2 rings (SSSR count). The van der Waals surface area contributed by atoms with Crippen LogP contribution in [0.25, 0.3) is 0 Å². The molecule has 0 saturated heterocycles. The largest absolute Gasteiger partial charge is 0.399 e. The molecule has 19 heavy (non-hydrogen) atoms. The van der Waals surface area contributed by atoms with Gasteiger partial charge in [0, 0.05) is 36.7 Å². The highest BCUT2D eigenvalue weighted by Gasteiger charge is 2.11. The minimum atomic E-state index is 0.282. The lowest BCUT2D eigenvalue weighted by Crippen LogP contribution is -2.19. The van der Waals surface area contributed by atoms with Crippen LogP contribution in [0.4, 0.5) is 11.5 Å². The summed E-state index contributed by atoms with van der Waals surface area (Å²) in [5.74, 6) is 0.517. The highest BCUT2D eigenvalue weighted by molar-refractivity contribution is 6.31. The summed E-state index contributed by atoms with van der Waals surface area (Å²) in [5, 5.41) is 9.64. The Hall–Kier alpha value is -2.32. The summed E-state index contributed by atoms with van der Waals surface area (Å²) in [6.07, 6.45) is 3.04. The van der Waals surface area contributed by atoms with E-state index in [-0.39, 0.29) is 5.69 Å². The van der Waals surface area contributed by atoms with E-state index in [1.54, 1.807) is 24.4 Å². The van der Waals surface area contributed by atoms with Gasteiger partial charge < -0.3 is 10.6 Å². The maximum Gasteiger partial charge on any atom is 0.183 e. The average Bonchev–Trinajstić information content (AvgIpc) is 2.42. The fraction of sp³-hybridized carbons (Fsp3) is 0.154. The van der Waals surface area contributed by atoms with Gasteiger partial charge in [0.15, 0.2) is 11.5 Å². The number of anilines is 2. The van der Waals surface area contributed by atoms with Crippen LogP contribution in [-0.4, -0.2) is 17.0 Å². The van der Waals surface area contributed by atoms with Crippen LogP contribution in [0.2, 0.25) is 5.02 Å². The molecular weight excluding hydrogens is 262 g/mol. The van der Waals surface area contributed by atoms with Crippen LogP contribution in [0.1, 0.15) is 11.3 Å². The molecule has 0 atom stereocenters. The number of rotatable bonds is 3. The van der Waals surface area contributed by atoms with Crippen molar-refractivity contribution in [2.75, 3.05) is 17.7 Å². The van der Waals surface area contributed by atoms with Gasteiger partial charge in [0.1, 0.15) is 6.07 Å². The molecule has 0 spiro atoms. The van der Waals surface area contributed by atoms with Crippen LogP contribution in [-0.2, 0) is 6.54 Å². The van der Waals surface area contributed by atoms with Gasteiger partial charge >= 0.3 is 0 Å². The van der Waals surface area contributed by atoms with E-state index in [1.165, 1.54) is 6.20 Å². The number of aromatic nitrogens is 2. The maximum absolute atomic E-state index is 9.01. The summed E-state index contributed by atoms with van der Waals surface area (Å²) in [7, 11) is 1.82. The van der Waals surface area contributed by atoms with E-state index in [0.717, 1.165) is 5.56 Å². The van der Waals surface area contributed by atoms with Gasteiger partial charge in [-0.1, -0.05) is 11.6 Å². The van der Waals surface area contributed by atoms with Crippen molar-refractivity contribution >= 4 is 23.1 Å². The topological polar surface area (TPSA) is 78.8 Å². The Balaban J connectivity index is 2.28. The Kier molecular flexibility index (Phi) is 3.83. The molecule has 0 saturated carbocycles. The molecule has 1 aromatic carbocycles. The third-order valence-corrected chi connectivity index (χ3v) is 2.99. The first-order valence-corrected chi connectivity index (χ1v) is 5.95. The molecule has 0 unspecified atom stereocenters. The second kappa shape index (κ2) is 5.55. The van der Waals surface area contributed by atoms with E-state index < -0.39 is 0 Å². The summed E-state index contributed by atoms with van der Waals surface area (Å²) >= 11 is 6.12. The van der Waals surface area contributed by atoms with Crippen LogP contribution in [0.3, 0.4) is 0 Å². The molecule has 0 fully saturated rings. The monoisotopic (exact) mass is 273 g/mol. The van der Waals surface area contributed by atoms with Crippen molar-refractivity contribution in [1.29, 1.82) is 5.26 Å². The van der Waals surface area contributed by atoms with Crippen LogP contribution in [0.5, 0.6) is 0 Å². The van der Waals surface area contributed by atoms with Crippen LogP contribution in [0.15, 0.2) is 30.6 Å². The second-order valence-electron chi connectivity index (χ2n) is 4.05. The summed E-state index contributed by atoms with van der Waals surface area (Å²) in [4.78, 5) is 9.95.